The van der Waals surface area contributed by atoms with E-state index in [0.29, 0.717) is 18.4 Å². The maximum Gasteiger partial charge on any atom is 0.191 e. The molecule has 2 N–H and O–H groups in total. The molecule has 0 amide bonds. The van der Waals surface area contributed by atoms with Gasteiger partial charge in [-0.2, -0.15) is 0 Å². The van der Waals surface area contributed by atoms with Crippen LogP contribution in [0.25, 0.3) is 0 Å². The Balaban J connectivity index is 0.00000392. The molecule has 6 heteroatoms. The van der Waals surface area contributed by atoms with Crippen molar-refractivity contribution in [1.82, 2.24) is 15.5 Å². The third kappa shape index (κ3) is 8.55. The molecule has 160 valence electrons. The van der Waals surface area contributed by atoms with Crippen molar-refractivity contribution in [2.75, 3.05) is 33.7 Å². The predicted octanol–water partition coefficient (Wildman–Crippen LogP) is 4.04. The second-order valence-electron chi connectivity index (χ2n) is 8.39. The number of aliphatic imine (C=N–C) groups is 1. The van der Waals surface area contributed by atoms with Crippen LogP contribution in [-0.2, 0) is 6.54 Å². The smallest absolute Gasteiger partial charge is 0.191 e. The molecule has 2 atom stereocenters. The number of benzene rings is 1. The molecule has 1 aliphatic rings. The molecule has 2 unspecified atom stereocenters. The molecule has 0 aromatic heterocycles. The van der Waals surface area contributed by atoms with E-state index in [9.17, 15) is 0 Å². The van der Waals surface area contributed by atoms with Gasteiger partial charge in [0.05, 0.1) is 6.10 Å². The molecule has 1 aromatic rings. The monoisotopic (exact) mass is 502 g/mol. The molecule has 1 heterocycles. The molecule has 0 saturated carbocycles. The quantitative estimate of drug-likeness (QED) is 0.320. The standard InChI is InChI=1S/C22H38N4O.HI/c1-16(2)11-18(4)27-21-12-17(3)7-8-20(21)14-25-22(23-5)24-13-19-9-10-26(6)15-19;/h7-8,12,16,18-19H,9-11,13-15H2,1-6H3,(H2,23,24,25);1H. The zero-order chi connectivity index (χ0) is 19.8. The van der Waals surface area contributed by atoms with Gasteiger partial charge in [-0.1, -0.05) is 26.0 Å². The lowest BCUT2D eigenvalue weighted by molar-refractivity contribution is 0.191. The zero-order valence-electron chi connectivity index (χ0n) is 18.4. The van der Waals surface area contributed by atoms with E-state index >= 15 is 0 Å². The number of rotatable bonds is 8. The van der Waals surface area contributed by atoms with Gasteiger partial charge < -0.3 is 20.3 Å². The molecule has 2 rings (SSSR count). The van der Waals surface area contributed by atoms with Gasteiger partial charge in [0, 0.05) is 32.2 Å². The van der Waals surface area contributed by atoms with Gasteiger partial charge in [-0.25, -0.2) is 0 Å². The minimum absolute atomic E-state index is 0. The van der Waals surface area contributed by atoms with Crippen molar-refractivity contribution in [1.29, 1.82) is 0 Å². The number of nitrogens with zero attached hydrogens (tertiary/aromatic N) is 2. The zero-order valence-corrected chi connectivity index (χ0v) is 20.7. The minimum Gasteiger partial charge on any atom is -0.490 e. The van der Waals surface area contributed by atoms with Crippen molar-refractivity contribution >= 4 is 29.9 Å². The van der Waals surface area contributed by atoms with Gasteiger partial charge in [-0.05, 0) is 63.7 Å². The Morgan fingerprint density at radius 2 is 2.04 bits per heavy atom. The summed E-state index contributed by atoms with van der Waals surface area (Å²) in [6.07, 6.45) is 2.52. The van der Waals surface area contributed by atoms with Crippen LogP contribution in [0.2, 0.25) is 0 Å². The van der Waals surface area contributed by atoms with Crippen molar-refractivity contribution in [2.45, 2.75) is 53.2 Å². The van der Waals surface area contributed by atoms with Gasteiger partial charge in [-0.3, -0.25) is 4.99 Å². The number of aryl methyl sites for hydroxylation is 1. The second kappa shape index (κ2) is 12.5. The van der Waals surface area contributed by atoms with E-state index < -0.39 is 0 Å². The predicted molar refractivity (Wildman–Crippen MR) is 130 cm³/mol. The van der Waals surface area contributed by atoms with E-state index in [4.69, 9.17) is 4.74 Å². The number of halogens is 1. The van der Waals surface area contributed by atoms with Crippen molar-refractivity contribution in [3.05, 3.63) is 29.3 Å². The summed E-state index contributed by atoms with van der Waals surface area (Å²) in [5, 5.41) is 6.91. The summed E-state index contributed by atoms with van der Waals surface area (Å²) < 4.78 is 6.25. The molecular formula is C22H39IN4O. The molecule has 1 aromatic carbocycles. The summed E-state index contributed by atoms with van der Waals surface area (Å²) in [5.41, 5.74) is 2.39. The lowest BCUT2D eigenvalue weighted by atomic mass is 10.1. The molecule has 5 nitrogen and oxygen atoms in total. The molecule has 1 saturated heterocycles. The average molecular weight is 502 g/mol. The van der Waals surface area contributed by atoms with Gasteiger partial charge in [0.25, 0.3) is 0 Å². The second-order valence-corrected chi connectivity index (χ2v) is 8.39. The Hall–Kier alpha value is -1.02. The van der Waals surface area contributed by atoms with E-state index in [0.717, 1.165) is 31.2 Å². The third-order valence-electron chi connectivity index (χ3n) is 5.07. The van der Waals surface area contributed by atoms with Crippen molar-refractivity contribution < 1.29 is 4.74 Å². The maximum absolute atomic E-state index is 6.25. The van der Waals surface area contributed by atoms with Crippen LogP contribution in [0, 0.1) is 18.8 Å². The first-order valence-corrected chi connectivity index (χ1v) is 10.3. The van der Waals surface area contributed by atoms with Crippen LogP contribution < -0.4 is 15.4 Å². The summed E-state index contributed by atoms with van der Waals surface area (Å²) >= 11 is 0. The van der Waals surface area contributed by atoms with E-state index in [2.05, 4.69) is 73.5 Å². The molecular weight excluding hydrogens is 463 g/mol. The van der Waals surface area contributed by atoms with Crippen LogP contribution in [0.3, 0.4) is 0 Å². The lowest BCUT2D eigenvalue weighted by Gasteiger charge is -2.20. The normalized spacial score (nSPS) is 18.7. The Kier molecular flexibility index (Phi) is 11.2. The number of likely N-dealkylation sites (tertiary alicyclic amines) is 1. The SMILES string of the molecule is CN=C(NCc1ccc(C)cc1OC(C)CC(C)C)NCC1CCN(C)C1.I. The first-order valence-electron chi connectivity index (χ1n) is 10.3. The Morgan fingerprint density at radius 1 is 1.29 bits per heavy atom. The van der Waals surface area contributed by atoms with E-state index in [-0.39, 0.29) is 30.1 Å². The maximum atomic E-state index is 6.25. The van der Waals surface area contributed by atoms with Gasteiger partial charge >= 0.3 is 0 Å². The molecule has 0 radical (unpaired) electrons. The Morgan fingerprint density at radius 3 is 2.64 bits per heavy atom. The van der Waals surface area contributed by atoms with E-state index in [1.54, 1.807) is 0 Å². The number of ether oxygens (including phenoxy) is 1. The van der Waals surface area contributed by atoms with E-state index in [1.165, 1.54) is 24.1 Å². The minimum atomic E-state index is 0. The van der Waals surface area contributed by atoms with Crippen LogP contribution in [0.1, 0.15) is 44.7 Å². The van der Waals surface area contributed by atoms with Crippen LogP contribution in [0.5, 0.6) is 5.75 Å². The fourth-order valence-corrected chi connectivity index (χ4v) is 3.68. The van der Waals surface area contributed by atoms with Crippen molar-refractivity contribution in [3.63, 3.8) is 0 Å². The van der Waals surface area contributed by atoms with Crippen LogP contribution in [0.4, 0.5) is 0 Å². The summed E-state index contributed by atoms with van der Waals surface area (Å²) in [6.45, 7) is 12.7. The van der Waals surface area contributed by atoms with E-state index in [1.807, 2.05) is 7.05 Å². The first kappa shape index (κ1) is 25.0. The fraction of sp³-hybridized carbons (Fsp3) is 0.682. The van der Waals surface area contributed by atoms with Gasteiger partial charge in [-0.15, -0.1) is 24.0 Å². The highest BCUT2D eigenvalue weighted by atomic mass is 127. The third-order valence-corrected chi connectivity index (χ3v) is 5.07. The number of hydrogen-bond acceptors (Lipinski definition) is 3. The van der Waals surface area contributed by atoms with Gasteiger partial charge in [0.1, 0.15) is 5.75 Å². The van der Waals surface area contributed by atoms with Crippen molar-refractivity contribution in [3.8, 4) is 5.75 Å². The highest BCUT2D eigenvalue weighted by Gasteiger charge is 2.19. The lowest BCUT2D eigenvalue weighted by Crippen LogP contribution is -2.39. The number of nitrogens with one attached hydrogen (secondary N) is 2. The van der Waals surface area contributed by atoms with Crippen LogP contribution >= 0.6 is 24.0 Å². The van der Waals surface area contributed by atoms with Crippen LogP contribution in [-0.4, -0.2) is 50.7 Å². The fourth-order valence-electron chi connectivity index (χ4n) is 3.68. The molecule has 0 aliphatic carbocycles. The Bertz CT molecular complexity index is 621. The molecule has 28 heavy (non-hydrogen) atoms. The first-order chi connectivity index (χ1) is 12.9. The van der Waals surface area contributed by atoms with Gasteiger partial charge in [0.2, 0.25) is 0 Å². The summed E-state index contributed by atoms with van der Waals surface area (Å²) in [5.74, 6) is 3.16. The molecule has 1 aliphatic heterocycles. The molecule has 1 fully saturated rings. The highest BCUT2D eigenvalue weighted by molar-refractivity contribution is 14.0. The van der Waals surface area contributed by atoms with Crippen LogP contribution in [0.15, 0.2) is 23.2 Å². The summed E-state index contributed by atoms with van der Waals surface area (Å²) in [4.78, 5) is 6.76. The molecule has 0 bridgehead atoms. The number of hydrogen-bond donors (Lipinski definition) is 2. The highest BCUT2D eigenvalue weighted by Crippen LogP contribution is 2.23. The summed E-state index contributed by atoms with van der Waals surface area (Å²) in [7, 11) is 4.01. The number of guanidine groups is 1. The topological polar surface area (TPSA) is 48.9 Å². The van der Waals surface area contributed by atoms with Crippen molar-refractivity contribution in [2.24, 2.45) is 16.8 Å². The summed E-state index contributed by atoms with van der Waals surface area (Å²) in [6, 6.07) is 6.43. The molecule has 0 spiro atoms. The average Bonchev–Trinajstić information content (AvgIpc) is 3.01. The van der Waals surface area contributed by atoms with Gasteiger partial charge in [0.15, 0.2) is 5.96 Å². The Labute approximate surface area is 188 Å². The largest absolute Gasteiger partial charge is 0.490 e.